The molecular formula is C15H26N2O. The number of carbonyl (C=O) groups excluding carboxylic acids is 1. The highest BCUT2D eigenvalue weighted by molar-refractivity contribution is 5.96. The van der Waals surface area contributed by atoms with Crippen molar-refractivity contribution in [2.45, 2.75) is 45.1 Å². The molecule has 0 radical (unpaired) electrons. The lowest BCUT2D eigenvalue weighted by Crippen LogP contribution is -2.49. The van der Waals surface area contributed by atoms with Crippen molar-refractivity contribution in [1.82, 2.24) is 9.80 Å². The van der Waals surface area contributed by atoms with Gasteiger partial charge >= 0.3 is 0 Å². The van der Waals surface area contributed by atoms with Gasteiger partial charge in [0.05, 0.1) is 0 Å². The molecule has 3 heteroatoms. The first-order valence-electron chi connectivity index (χ1n) is 7.26. The van der Waals surface area contributed by atoms with Gasteiger partial charge in [0.15, 0.2) is 5.78 Å². The number of hydrogen-bond acceptors (Lipinski definition) is 3. The molecule has 3 nitrogen and oxygen atoms in total. The molecule has 2 fully saturated rings. The van der Waals surface area contributed by atoms with Gasteiger partial charge in [0.25, 0.3) is 0 Å². The monoisotopic (exact) mass is 250 g/mol. The molecule has 0 aromatic rings. The Hall–Kier alpha value is -0.830. The third-order valence-electron chi connectivity index (χ3n) is 4.19. The first kappa shape index (κ1) is 13.6. The number of ketones is 1. The lowest BCUT2D eigenvalue weighted by atomic mass is 9.75. The van der Waals surface area contributed by atoms with Gasteiger partial charge in [-0.3, -0.25) is 9.69 Å². The minimum atomic E-state index is 0.378. The van der Waals surface area contributed by atoms with Crippen LogP contribution in [-0.4, -0.2) is 48.8 Å². The first-order valence-corrected chi connectivity index (χ1v) is 7.26. The van der Waals surface area contributed by atoms with E-state index in [1.54, 1.807) is 0 Å². The molecule has 2 aliphatic rings. The van der Waals surface area contributed by atoms with E-state index in [0.717, 1.165) is 18.4 Å². The second-order valence-corrected chi connectivity index (χ2v) is 5.95. The summed E-state index contributed by atoms with van der Waals surface area (Å²) in [6.45, 7) is 4.65. The normalized spacial score (nSPS) is 31.5. The van der Waals surface area contributed by atoms with Crippen LogP contribution in [0.2, 0.25) is 0 Å². The summed E-state index contributed by atoms with van der Waals surface area (Å²) >= 11 is 0. The van der Waals surface area contributed by atoms with Crippen LogP contribution < -0.4 is 0 Å². The van der Waals surface area contributed by atoms with Crippen LogP contribution in [0, 0.1) is 5.92 Å². The molecule has 1 saturated heterocycles. The lowest BCUT2D eigenvalue weighted by molar-refractivity contribution is -0.119. The fourth-order valence-electron chi connectivity index (χ4n) is 3.46. The maximum absolute atomic E-state index is 12.1. The molecule has 0 amide bonds. The second kappa shape index (κ2) is 5.87. The van der Waals surface area contributed by atoms with Crippen LogP contribution >= 0.6 is 0 Å². The summed E-state index contributed by atoms with van der Waals surface area (Å²) in [5, 5.41) is 0. The third kappa shape index (κ3) is 2.94. The van der Waals surface area contributed by atoms with Gasteiger partial charge in [-0.1, -0.05) is 6.92 Å². The molecule has 0 bridgehead atoms. The van der Waals surface area contributed by atoms with Crippen LogP contribution in [0.15, 0.2) is 11.8 Å². The smallest absolute Gasteiger partial charge is 0.160 e. The Bertz CT molecular complexity index is 333. The minimum Gasteiger partial charge on any atom is -0.383 e. The summed E-state index contributed by atoms with van der Waals surface area (Å²) in [5.74, 6) is 0.986. The maximum atomic E-state index is 12.1. The Morgan fingerprint density at radius 2 is 2.17 bits per heavy atom. The van der Waals surface area contributed by atoms with Gasteiger partial charge in [0, 0.05) is 38.3 Å². The molecule has 0 spiro atoms. The summed E-state index contributed by atoms with van der Waals surface area (Å²) in [7, 11) is 3.99. The van der Waals surface area contributed by atoms with Crippen LogP contribution in [0.4, 0.5) is 0 Å². The van der Waals surface area contributed by atoms with Gasteiger partial charge in [0.1, 0.15) is 0 Å². The molecule has 1 saturated carbocycles. The van der Waals surface area contributed by atoms with Crippen molar-refractivity contribution in [3.05, 3.63) is 11.8 Å². The standard InChI is InChI=1S/C15H26N2O/c1-4-7-17-8-5-6-12-10-15(18)13(9-14(12)17)11-16(2)3/h11-12,14H,4-10H2,1-3H3/b13-11+/t12-,14-/m1/s1. The van der Waals surface area contributed by atoms with Crippen molar-refractivity contribution in [3.63, 3.8) is 0 Å². The fraction of sp³-hybridized carbons (Fsp3) is 0.800. The predicted molar refractivity (Wildman–Crippen MR) is 74.4 cm³/mol. The van der Waals surface area contributed by atoms with E-state index in [0.29, 0.717) is 17.7 Å². The van der Waals surface area contributed by atoms with Crippen molar-refractivity contribution in [3.8, 4) is 0 Å². The van der Waals surface area contributed by atoms with E-state index in [1.165, 1.54) is 32.4 Å². The Kier molecular flexibility index (Phi) is 4.44. The van der Waals surface area contributed by atoms with Gasteiger partial charge in [0.2, 0.25) is 0 Å². The van der Waals surface area contributed by atoms with Gasteiger partial charge in [-0.05, 0) is 44.7 Å². The number of nitrogens with zero attached hydrogens (tertiary/aromatic N) is 2. The van der Waals surface area contributed by atoms with Crippen LogP contribution in [0.3, 0.4) is 0 Å². The number of Topliss-reactive ketones (excluding diaryl/α,β-unsaturated/α-hetero) is 1. The number of likely N-dealkylation sites (tertiary alicyclic amines) is 1. The first-order chi connectivity index (χ1) is 8.61. The molecular weight excluding hydrogens is 224 g/mol. The zero-order valence-electron chi connectivity index (χ0n) is 12.0. The summed E-state index contributed by atoms with van der Waals surface area (Å²) in [6.07, 6.45) is 7.47. The SMILES string of the molecule is CCCN1CCC[C@@H]2CC(=O)/C(=C/N(C)C)C[C@H]21. The third-order valence-corrected chi connectivity index (χ3v) is 4.19. The molecule has 2 rings (SSSR count). The Labute approximate surface area is 111 Å². The number of hydrogen-bond donors (Lipinski definition) is 0. The zero-order valence-corrected chi connectivity index (χ0v) is 12.0. The van der Waals surface area contributed by atoms with E-state index in [4.69, 9.17) is 0 Å². The number of carbonyl (C=O) groups is 1. The van der Waals surface area contributed by atoms with Crippen LogP contribution in [0.1, 0.15) is 39.0 Å². The van der Waals surface area contributed by atoms with Crippen LogP contribution in [-0.2, 0) is 4.79 Å². The molecule has 0 unspecified atom stereocenters. The van der Waals surface area contributed by atoms with Gasteiger partial charge in [-0.2, -0.15) is 0 Å². The Morgan fingerprint density at radius 3 is 2.83 bits per heavy atom. The average Bonchev–Trinajstić information content (AvgIpc) is 2.31. The molecule has 1 heterocycles. The van der Waals surface area contributed by atoms with Crippen molar-refractivity contribution in [2.75, 3.05) is 27.2 Å². The minimum absolute atomic E-state index is 0.378. The highest BCUT2D eigenvalue weighted by Gasteiger charge is 2.37. The van der Waals surface area contributed by atoms with Crippen LogP contribution in [0.25, 0.3) is 0 Å². The average molecular weight is 250 g/mol. The number of fused-ring (bicyclic) bond motifs is 1. The predicted octanol–water partition coefficient (Wildman–Crippen LogP) is 2.29. The number of rotatable bonds is 3. The molecule has 0 aromatic heterocycles. The van der Waals surface area contributed by atoms with E-state index in [-0.39, 0.29) is 0 Å². The lowest BCUT2D eigenvalue weighted by Gasteiger charge is -2.44. The van der Waals surface area contributed by atoms with E-state index < -0.39 is 0 Å². The molecule has 102 valence electrons. The maximum Gasteiger partial charge on any atom is 0.160 e. The van der Waals surface area contributed by atoms with Crippen molar-refractivity contribution >= 4 is 5.78 Å². The van der Waals surface area contributed by atoms with Crippen molar-refractivity contribution in [1.29, 1.82) is 0 Å². The quantitative estimate of drug-likeness (QED) is 0.718. The van der Waals surface area contributed by atoms with Crippen LogP contribution in [0.5, 0.6) is 0 Å². The molecule has 0 aromatic carbocycles. The van der Waals surface area contributed by atoms with E-state index in [9.17, 15) is 4.79 Å². The Balaban J connectivity index is 2.12. The van der Waals surface area contributed by atoms with Crippen molar-refractivity contribution < 1.29 is 4.79 Å². The molecule has 2 atom stereocenters. The second-order valence-electron chi connectivity index (χ2n) is 5.95. The van der Waals surface area contributed by atoms with E-state index in [1.807, 2.05) is 25.2 Å². The van der Waals surface area contributed by atoms with Crippen molar-refractivity contribution in [2.24, 2.45) is 5.92 Å². The van der Waals surface area contributed by atoms with Gasteiger partial charge in [-0.15, -0.1) is 0 Å². The highest BCUT2D eigenvalue weighted by atomic mass is 16.1. The Morgan fingerprint density at radius 1 is 1.39 bits per heavy atom. The fourth-order valence-corrected chi connectivity index (χ4v) is 3.46. The molecule has 1 aliphatic heterocycles. The van der Waals surface area contributed by atoms with E-state index >= 15 is 0 Å². The molecule has 18 heavy (non-hydrogen) atoms. The molecule has 0 N–H and O–H groups in total. The summed E-state index contributed by atoms with van der Waals surface area (Å²) < 4.78 is 0. The highest BCUT2D eigenvalue weighted by Crippen LogP contribution is 2.36. The van der Waals surface area contributed by atoms with E-state index in [2.05, 4.69) is 11.8 Å². The topological polar surface area (TPSA) is 23.6 Å². The molecule has 1 aliphatic carbocycles. The summed E-state index contributed by atoms with van der Waals surface area (Å²) in [5.41, 5.74) is 1.03. The zero-order chi connectivity index (χ0) is 13.1. The largest absolute Gasteiger partial charge is 0.383 e. The van der Waals surface area contributed by atoms with Gasteiger partial charge in [-0.25, -0.2) is 0 Å². The summed E-state index contributed by atoms with van der Waals surface area (Å²) in [4.78, 5) is 16.8. The van der Waals surface area contributed by atoms with Gasteiger partial charge < -0.3 is 4.90 Å². The number of piperidine rings is 1. The summed E-state index contributed by atoms with van der Waals surface area (Å²) in [6, 6.07) is 0.614.